The predicted octanol–water partition coefficient (Wildman–Crippen LogP) is 5.85. The van der Waals surface area contributed by atoms with Crippen molar-refractivity contribution in [1.29, 1.82) is 0 Å². The monoisotopic (exact) mass is 512 g/mol. The van der Waals surface area contributed by atoms with Gasteiger partial charge in [0.1, 0.15) is 11.8 Å². The van der Waals surface area contributed by atoms with Crippen molar-refractivity contribution in [2.45, 2.75) is 38.8 Å². The number of nitrogens with one attached hydrogen (secondary N) is 1. The largest absolute Gasteiger partial charge is 0.494 e. The molecule has 0 fully saturated rings. The molecule has 0 radical (unpaired) electrons. The average Bonchev–Trinajstić information content (AvgIpc) is 2.86. The molecule has 184 valence electrons. The molecule has 7 heteroatoms. The SMILES string of the molecule is CNC(=O)[C@H](Cc1ccccc1)N(Cc1c(Cl)cccc1Cl)C(=O)CCCOc1ccc(C)cc1. The summed E-state index contributed by atoms with van der Waals surface area (Å²) in [5, 5.41) is 3.61. The van der Waals surface area contributed by atoms with E-state index >= 15 is 0 Å². The van der Waals surface area contributed by atoms with Gasteiger partial charge in [0.25, 0.3) is 0 Å². The van der Waals surface area contributed by atoms with Crippen LogP contribution in [0, 0.1) is 6.92 Å². The molecule has 0 aliphatic rings. The van der Waals surface area contributed by atoms with E-state index in [4.69, 9.17) is 27.9 Å². The lowest BCUT2D eigenvalue weighted by molar-refractivity contribution is -0.141. The van der Waals surface area contributed by atoms with Crippen LogP contribution in [0.2, 0.25) is 10.0 Å². The summed E-state index contributed by atoms with van der Waals surface area (Å²) >= 11 is 12.8. The Morgan fingerprint density at radius 1 is 0.943 bits per heavy atom. The Morgan fingerprint density at radius 2 is 1.60 bits per heavy atom. The second-order valence-corrected chi connectivity index (χ2v) is 9.12. The summed E-state index contributed by atoms with van der Waals surface area (Å²) in [6.45, 7) is 2.53. The molecular weight excluding hydrogens is 483 g/mol. The Bertz CT molecular complexity index is 1100. The molecule has 3 rings (SSSR count). The zero-order valence-corrected chi connectivity index (χ0v) is 21.5. The van der Waals surface area contributed by atoms with Gasteiger partial charge in [-0.05, 0) is 43.2 Å². The molecule has 0 saturated heterocycles. The van der Waals surface area contributed by atoms with Crippen LogP contribution in [0.5, 0.6) is 5.75 Å². The van der Waals surface area contributed by atoms with Crippen molar-refractivity contribution >= 4 is 35.0 Å². The second-order valence-electron chi connectivity index (χ2n) is 8.31. The molecule has 0 unspecified atom stereocenters. The fraction of sp³-hybridized carbons (Fsp3) is 0.286. The molecule has 1 N–H and O–H groups in total. The molecule has 35 heavy (non-hydrogen) atoms. The number of amides is 2. The van der Waals surface area contributed by atoms with Crippen molar-refractivity contribution in [3.8, 4) is 5.75 Å². The van der Waals surface area contributed by atoms with Crippen molar-refractivity contribution in [2.75, 3.05) is 13.7 Å². The van der Waals surface area contributed by atoms with Gasteiger partial charge in [0.05, 0.1) is 6.61 Å². The molecule has 2 amide bonds. The minimum atomic E-state index is -0.722. The van der Waals surface area contributed by atoms with Crippen LogP contribution in [0.3, 0.4) is 0 Å². The summed E-state index contributed by atoms with van der Waals surface area (Å²) < 4.78 is 5.78. The first-order chi connectivity index (χ1) is 16.9. The van der Waals surface area contributed by atoms with E-state index in [1.54, 1.807) is 30.1 Å². The van der Waals surface area contributed by atoms with Crippen molar-refractivity contribution in [2.24, 2.45) is 0 Å². The number of carbonyl (C=O) groups excluding carboxylic acids is 2. The molecule has 5 nitrogen and oxygen atoms in total. The van der Waals surface area contributed by atoms with Crippen LogP contribution in [0.1, 0.15) is 29.5 Å². The summed E-state index contributed by atoms with van der Waals surface area (Å²) in [4.78, 5) is 28.0. The number of halogens is 2. The zero-order valence-electron chi connectivity index (χ0n) is 20.0. The number of hydrogen-bond acceptors (Lipinski definition) is 3. The van der Waals surface area contributed by atoms with E-state index < -0.39 is 6.04 Å². The number of rotatable bonds is 11. The van der Waals surface area contributed by atoms with E-state index in [-0.39, 0.29) is 24.8 Å². The number of hydrogen-bond donors (Lipinski definition) is 1. The maximum absolute atomic E-state index is 13.5. The third-order valence-corrected chi connectivity index (χ3v) is 6.44. The van der Waals surface area contributed by atoms with E-state index in [2.05, 4.69) is 5.32 Å². The lowest BCUT2D eigenvalue weighted by Gasteiger charge is -2.31. The highest BCUT2D eigenvalue weighted by atomic mass is 35.5. The average molecular weight is 513 g/mol. The first-order valence-corrected chi connectivity index (χ1v) is 12.3. The molecule has 3 aromatic rings. The highest BCUT2D eigenvalue weighted by Gasteiger charge is 2.30. The Hall–Kier alpha value is -3.02. The molecule has 3 aromatic carbocycles. The molecule has 0 heterocycles. The van der Waals surface area contributed by atoms with Crippen molar-refractivity contribution < 1.29 is 14.3 Å². The lowest BCUT2D eigenvalue weighted by Crippen LogP contribution is -2.49. The van der Waals surface area contributed by atoms with Crippen molar-refractivity contribution in [1.82, 2.24) is 10.2 Å². The minimum absolute atomic E-state index is 0.126. The van der Waals surface area contributed by atoms with Gasteiger partial charge in [-0.25, -0.2) is 0 Å². The van der Waals surface area contributed by atoms with E-state index in [0.717, 1.165) is 16.9 Å². The standard InChI is InChI=1S/C28H30Cl2N2O3/c1-20-13-15-22(16-14-20)35-17-7-12-27(33)32(19-23-24(29)10-6-11-25(23)30)26(28(34)31-2)18-21-8-4-3-5-9-21/h3-6,8-11,13-16,26H,7,12,17-19H2,1-2H3,(H,31,34)/t26-/m0/s1. The fourth-order valence-electron chi connectivity index (χ4n) is 3.77. The molecule has 0 aromatic heterocycles. The number of carbonyl (C=O) groups is 2. The van der Waals surface area contributed by atoms with Gasteiger partial charge in [-0.15, -0.1) is 0 Å². The van der Waals surface area contributed by atoms with Gasteiger partial charge in [0.15, 0.2) is 0 Å². The normalized spacial score (nSPS) is 11.5. The Morgan fingerprint density at radius 3 is 2.23 bits per heavy atom. The zero-order chi connectivity index (χ0) is 25.2. The topological polar surface area (TPSA) is 58.6 Å². The fourth-order valence-corrected chi connectivity index (χ4v) is 4.28. The first-order valence-electron chi connectivity index (χ1n) is 11.6. The second kappa shape index (κ2) is 13.2. The molecule has 0 spiro atoms. The van der Waals surface area contributed by atoms with Crippen LogP contribution in [-0.2, 0) is 22.6 Å². The molecule has 0 bridgehead atoms. The van der Waals surface area contributed by atoms with Crippen LogP contribution in [0.4, 0.5) is 0 Å². The van der Waals surface area contributed by atoms with Crippen LogP contribution >= 0.6 is 23.2 Å². The highest BCUT2D eigenvalue weighted by Crippen LogP contribution is 2.27. The first kappa shape index (κ1) is 26.6. The Labute approximate surface area is 217 Å². The lowest BCUT2D eigenvalue weighted by atomic mass is 10.0. The minimum Gasteiger partial charge on any atom is -0.494 e. The summed E-state index contributed by atoms with van der Waals surface area (Å²) in [5.41, 5.74) is 2.72. The van der Waals surface area contributed by atoms with Gasteiger partial charge in [0.2, 0.25) is 11.8 Å². The van der Waals surface area contributed by atoms with E-state index in [1.807, 2.05) is 61.5 Å². The maximum Gasteiger partial charge on any atom is 0.242 e. The van der Waals surface area contributed by atoms with E-state index in [9.17, 15) is 9.59 Å². The highest BCUT2D eigenvalue weighted by molar-refractivity contribution is 6.36. The summed E-state index contributed by atoms with van der Waals surface area (Å²) in [7, 11) is 1.57. The number of benzene rings is 3. The maximum atomic E-state index is 13.5. The molecule has 0 saturated carbocycles. The smallest absolute Gasteiger partial charge is 0.242 e. The van der Waals surface area contributed by atoms with Gasteiger partial charge in [-0.1, -0.05) is 77.3 Å². The van der Waals surface area contributed by atoms with Crippen LogP contribution in [0.15, 0.2) is 72.8 Å². The molecule has 0 aliphatic heterocycles. The number of nitrogens with zero attached hydrogens (tertiary/aromatic N) is 1. The summed E-state index contributed by atoms with van der Waals surface area (Å²) in [6, 6.07) is 21.9. The van der Waals surface area contributed by atoms with E-state index in [1.165, 1.54) is 0 Å². The number of likely N-dealkylation sites (N-methyl/N-ethyl adjacent to an activating group) is 1. The molecular formula is C28H30Cl2N2O3. The van der Waals surface area contributed by atoms with Gasteiger partial charge in [-0.3, -0.25) is 9.59 Å². The number of aryl methyl sites for hydroxylation is 1. The molecule has 1 atom stereocenters. The quantitative estimate of drug-likeness (QED) is 0.328. The van der Waals surface area contributed by atoms with Crippen LogP contribution in [0.25, 0.3) is 0 Å². The van der Waals surface area contributed by atoms with Gasteiger partial charge in [0, 0.05) is 42.0 Å². The van der Waals surface area contributed by atoms with Crippen molar-refractivity contribution in [3.63, 3.8) is 0 Å². The van der Waals surface area contributed by atoms with E-state index in [0.29, 0.717) is 35.1 Å². The van der Waals surface area contributed by atoms with Gasteiger partial charge < -0.3 is 15.0 Å². The third kappa shape index (κ3) is 7.74. The van der Waals surface area contributed by atoms with Gasteiger partial charge in [-0.2, -0.15) is 0 Å². The van der Waals surface area contributed by atoms with Crippen LogP contribution in [-0.4, -0.2) is 36.4 Å². The molecule has 0 aliphatic carbocycles. The summed E-state index contributed by atoms with van der Waals surface area (Å²) in [6.07, 6.45) is 1.09. The Balaban J connectivity index is 1.79. The van der Waals surface area contributed by atoms with Crippen molar-refractivity contribution in [3.05, 3.63) is 99.5 Å². The predicted molar refractivity (Wildman–Crippen MR) is 141 cm³/mol. The van der Waals surface area contributed by atoms with Gasteiger partial charge >= 0.3 is 0 Å². The third-order valence-electron chi connectivity index (χ3n) is 5.73. The van der Waals surface area contributed by atoms with Crippen LogP contribution < -0.4 is 10.1 Å². The number of ether oxygens (including phenoxy) is 1. The summed E-state index contributed by atoms with van der Waals surface area (Å²) in [5.74, 6) is 0.342. The Kier molecular flexibility index (Phi) is 10.0.